The lowest BCUT2D eigenvalue weighted by Crippen LogP contribution is -2.41. The zero-order valence-electron chi connectivity index (χ0n) is 12.8. The minimum absolute atomic E-state index is 0.109. The van der Waals surface area contributed by atoms with Crippen LogP contribution in [0.15, 0.2) is 18.2 Å². The molecule has 4 nitrogen and oxygen atoms in total. The lowest BCUT2D eigenvalue weighted by atomic mass is 9.77. The molecule has 0 amide bonds. The predicted molar refractivity (Wildman–Crippen MR) is 78.7 cm³/mol. The first-order valence-corrected chi connectivity index (χ1v) is 6.79. The van der Waals surface area contributed by atoms with Crippen molar-refractivity contribution in [1.29, 1.82) is 0 Å². The highest BCUT2D eigenvalue weighted by Crippen LogP contribution is 2.36. The van der Waals surface area contributed by atoms with Gasteiger partial charge in [0, 0.05) is 6.08 Å². The topological polar surface area (TPSA) is 55.8 Å². The minimum atomic E-state index is -1.20. The van der Waals surface area contributed by atoms with Crippen LogP contribution in [0, 0.1) is 11.6 Å². The molecule has 1 heterocycles. The zero-order valence-corrected chi connectivity index (χ0v) is 12.8. The highest BCUT2D eigenvalue weighted by Gasteiger charge is 2.53. The first-order valence-electron chi connectivity index (χ1n) is 6.79. The molecule has 0 bridgehead atoms. The highest BCUT2D eigenvalue weighted by atomic mass is 19.1. The van der Waals surface area contributed by atoms with Crippen molar-refractivity contribution in [2.75, 3.05) is 0 Å². The molecule has 0 radical (unpaired) electrons. The molecule has 2 rings (SSSR count). The third-order valence-corrected chi connectivity index (χ3v) is 4.01. The fraction of sp³-hybridized carbons (Fsp3) is 0.400. The molecule has 7 heteroatoms. The van der Waals surface area contributed by atoms with Gasteiger partial charge in [-0.1, -0.05) is 0 Å². The molecule has 1 aliphatic heterocycles. The van der Waals surface area contributed by atoms with Crippen LogP contribution in [0.2, 0.25) is 0 Å². The smallest absolute Gasteiger partial charge is 0.478 e. The second-order valence-corrected chi connectivity index (χ2v) is 6.16. The second kappa shape index (κ2) is 5.48. The Bertz CT molecular complexity index is 601. The number of carboxylic acids is 1. The largest absolute Gasteiger partial charge is 0.500 e. The molecule has 0 aromatic heterocycles. The summed E-state index contributed by atoms with van der Waals surface area (Å²) in [5.74, 6) is -2.89. The highest BCUT2D eigenvalue weighted by molar-refractivity contribution is 6.62. The lowest BCUT2D eigenvalue weighted by molar-refractivity contribution is -0.131. The predicted octanol–water partition coefficient (Wildman–Crippen LogP) is 2.36. The molecule has 1 aliphatic rings. The normalized spacial score (nSPS) is 19.8. The Morgan fingerprint density at radius 1 is 1.14 bits per heavy atom. The van der Waals surface area contributed by atoms with Gasteiger partial charge in [-0.2, -0.15) is 0 Å². The Balaban J connectivity index is 2.36. The van der Waals surface area contributed by atoms with Crippen LogP contribution >= 0.6 is 0 Å². The summed E-state index contributed by atoms with van der Waals surface area (Å²) in [6.07, 6.45) is 1.92. The van der Waals surface area contributed by atoms with E-state index in [0.29, 0.717) is 0 Å². The van der Waals surface area contributed by atoms with E-state index in [-0.39, 0.29) is 11.0 Å². The Morgan fingerprint density at radius 3 is 2.00 bits per heavy atom. The number of halogens is 2. The standard InChI is InChI=1S/C15H17BF2O4/c1-14(2)15(3,4)22-16(21-14)13-10(17)7-9(8-11(13)18)5-6-12(19)20/h5-8H,1-4H3,(H,19,20)/b6-5+. The Labute approximate surface area is 127 Å². The van der Waals surface area contributed by atoms with Gasteiger partial charge >= 0.3 is 13.1 Å². The fourth-order valence-corrected chi connectivity index (χ4v) is 2.05. The maximum Gasteiger partial charge on any atom is 0.500 e. The van der Waals surface area contributed by atoms with Crippen LogP contribution in [-0.2, 0) is 14.1 Å². The van der Waals surface area contributed by atoms with Gasteiger partial charge in [-0.15, -0.1) is 0 Å². The van der Waals surface area contributed by atoms with Crippen LogP contribution in [0.25, 0.3) is 6.08 Å². The van der Waals surface area contributed by atoms with Crippen LogP contribution < -0.4 is 5.46 Å². The van der Waals surface area contributed by atoms with Crippen molar-refractivity contribution in [1.82, 2.24) is 0 Å². The third kappa shape index (κ3) is 3.05. The van der Waals surface area contributed by atoms with Gasteiger partial charge in [0.2, 0.25) is 0 Å². The van der Waals surface area contributed by atoms with E-state index in [1.54, 1.807) is 27.7 Å². The number of rotatable bonds is 3. The van der Waals surface area contributed by atoms with Crippen molar-refractivity contribution in [2.45, 2.75) is 38.9 Å². The number of carbonyl (C=O) groups is 1. The van der Waals surface area contributed by atoms with Crippen LogP contribution in [-0.4, -0.2) is 29.4 Å². The van der Waals surface area contributed by atoms with Crippen LogP contribution in [0.5, 0.6) is 0 Å². The van der Waals surface area contributed by atoms with Gasteiger partial charge in [0.15, 0.2) is 0 Å². The summed E-state index contributed by atoms with van der Waals surface area (Å²) in [6, 6.07) is 2.09. The molecule has 1 saturated heterocycles. The Morgan fingerprint density at radius 2 is 1.59 bits per heavy atom. The SMILES string of the molecule is CC1(C)OB(c2c(F)cc(/C=C/C(=O)O)cc2F)OC1(C)C. The van der Waals surface area contributed by atoms with E-state index in [1.165, 1.54) is 0 Å². The van der Waals surface area contributed by atoms with Crippen molar-refractivity contribution >= 4 is 24.6 Å². The number of hydrogen-bond donors (Lipinski definition) is 1. The van der Waals surface area contributed by atoms with Gasteiger partial charge in [0.05, 0.1) is 16.7 Å². The summed E-state index contributed by atoms with van der Waals surface area (Å²) >= 11 is 0. The van der Waals surface area contributed by atoms with E-state index in [0.717, 1.165) is 24.3 Å². The molecular weight excluding hydrogens is 293 g/mol. The van der Waals surface area contributed by atoms with E-state index < -0.39 is 35.9 Å². The summed E-state index contributed by atoms with van der Waals surface area (Å²) in [7, 11) is -1.15. The summed E-state index contributed by atoms with van der Waals surface area (Å²) in [6.45, 7) is 7.14. The Kier molecular flexibility index (Phi) is 4.15. The molecule has 0 spiro atoms. The molecule has 0 unspecified atom stereocenters. The van der Waals surface area contributed by atoms with Crippen molar-refractivity contribution in [2.24, 2.45) is 0 Å². The van der Waals surface area contributed by atoms with Crippen molar-refractivity contribution < 1.29 is 28.0 Å². The van der Waals surface area contributed by atoms with Gasteiger partial charge in [-0.25, -0.2) is 13.6 Å². The molecule has 118 valence electrons. The van der Waals surface area contributed by atoms with Gasteiger partial charge in [0.1, 0.15) is 11.6 Å². The zero-order chi connectivity index (χ0) is 16.7. The van der Waals surface area contributed by atoms with E-state index in [9.17, 15) is 13.6 Å². The maximum atomic E-state index is 14.2. The minimum Gasteiger partial charge on any atom is -0.478 e. The second-order valence-electron chi connectivity index (χ2n) is 6.16. The van der Waals surface area contributed by atoms with Crippen molar-refractivity contribution in [3.8, 4) is 0 Å². The van der Waals surface area contributed by atoms with Crippen molar-refractivity contribution in [3.63, 3.8) is 0 Å². The summed E-state index contributed by atoms with van der Waals surface area (Å²) in [5, 5.41) is 8.54. The number of benzene rings is 1. The van der Waals surface area contributed by atoms with Gasteiger partial charge < -0.3 is 14.4 Å². The number of aliphatic carboxylic acids is 1. The van der Waals surface area contributed by atoms with Gasteiger partial charge in [-0.3, -0.25) is 0 Å². The van der Waals surface area contributed by atoms with Crippen LogP contribution in [0.4, 0.5) is 8.78 Å². The first-order chi connectivity index (χ1) is 10.0. The summed E-state index contributed by atoms with van der Waals surface area (Å²) in [5.41, 5.74) is -1.62. The van der Waals surface area contributed by atoms with E-state index >= 15 is 0 Å². The van der Waals surface area contributed by atoms with E-state index in [1.807, 2.05) is 0 Å². The third-order valence-electron chi connectivity index (χ3n) is 4.01. The molecule has 0 atom stereocenters. The quantitative estimate of drug-likeness (QED) is 0.688. The average Bonchev–Trinajstić information content (AvgIpc) is 2.54. The summed E-state index contributed by atoms with van der Waals surface area (Å²) < 4.78 is 39.7. The average molecular weight is 310 g/mol. The fourth-order valence-electron chi connectivity index (χ4n) is 2.05. The molecule has 0 aliphatic carbocycles. The molecule has 1 aromatic carbocycles. The molecule has 22 heavy (non-hydrogen) atoms. The molecule has 1 fully saturated rings. The lowest BCUT2D eigenvalue weighted by Gasteiger charge is -2.32. The summed E-state index contributed by atoms with van der Waals surface area (Å²) in [4.78, 5) is 10.4. The van der Waals surface area contributed by atoms with Crippen LogP contribution in [0.3, 0.4) is 0 Å². The monoisotopic (exact) mass is 310 g/mol. The van der Waals surface area contributed by atoms with E-state index in [2.05, 4.69) is 0 Å². The molecule has 1 N–H and O–H groups in total. The number of carboxylic acid groups (broad SMARTS) is 1. The maximum absolute atomic E-state index is 14.2. The van der Waals surface area contributed by atoms with Gasteiger partial charge in [0.25, 0.3) is 0 Å². The van der Waals surface area contributed by atoms with Crippen LogP contribution in [0.1, 0.15) is 33.3 Å². The molecular formula is C15H17BF2O4. The van der Waals surface area contributed by atoms with Crippen molar-refractivity contribution in [3.05, 3.63) is 35.4 Å². The molecule has 0 saturated carbocycles. The van der Waals surface area contributed by atoms with Gasteiger partial charge in [-0.05, 0) is 51.5 Å². The first kappa shape index (κ1) is 16.6. The number of hydrogen-bond acceptors (Lipinski definition) is 3. The van der Waals surface area contributed by atoms with E-state index in [4.69, 9.17) is 14.4 Å². The molecule has 1 aromatic rings. The Hall–Kier alpha value is -1.73.